The van der Waals surface area contributed by atoms with Crippen LogP contribution in [0.5, 0.6) is 11.5 Å². The topological polar surface area (TPSA) is 105 Å². The van der Waals surface area contributed by atoms with Crippen LogP contribution in [0.4, 0.5) is 0 Å². The average molecular weight is 502 g/mol. The molecule has 1 aromatic carbocycles. The molecule has 9 nitrogen and oxygen atoms in total. The molecular formula is C22H35N3O6S2. The van der Waals surface area contributed by atoms with Crippen molar-refractivity contribution in [2.24, 2.45) is 5.92 Å². The quantitative estimate of drug-likeness (QED) is 0.536. The van der Waals surface area contributed by atoms with E-state index in [1.165, 1.54) is 0 Å². The van der Waals surface area contributed by atoms with E-state index in [9.17, 15) is 16.8 Å². The summed E-state index contributed by atoms with van der Waals surface area (Å²) < 4.78 is 64.6. The van der Waals surface area contributed by atoms with Gasteiger partial charge in [0.05, 0.1) is 26.2 Å². The van der Waals surface area contributed by atoms with E-state index in [2.05, 4.69) is 9.62 Å². The highest BCUT2D eigenvalue weighted by atomic mass is 32.2. The molecule has 33 heavy (non-hydrogen) atoms. The van der Waals surface area contributed by atoms with Gasteiger partial charge in [0.2, 0.25) is 20.0 Å². The smallest absolute Gasteiger partial charge is 0.214 e. The Bertz CT molecular complexity index is 1080. The molecule has 2 saturated heterocycles. The predicted octanol–water partition coefficient (Wildman–Crippen LogP) is 1.36. The van der Waals surface area contributed by atoms with Crippen molar-refractivity contribution in [1.82, 2.24) is 13.9 Å². The van der Waals surface area contributed by atoms with Gasteiger partial charge in [-0.3, -0.25) is 4.90 Å². The van der Waals surface area contributed by atoms with Crippen LogP contribution in [-0.4, -0.2) is 84.5 Å². The molecule has 0 aliphatic carbocycles. The number of benzene rings is 1. The third-order valence-electron chi connectivity index (χ3n) is 7.24. The van der Waals surface area contributed by atoms with Gasteiger partial charge in [-0.1, -0.05) is 0 Å². The van der Waals surface area contributed by atoms with Gasteiger partial charge in [-0.15, -0.1) is 0 Å². The van der Waals surface area contributed by atoms with Gasteiger partial charge in [-0.25, -0.2) is 21.6 Å². The first-order valence-corrected chi connectivity index (χ1v) is 15.1. The number of sulfonamides is 2. The van der Waals surface area contributed by atoms with E-state index in [0.717, 1.165) is 67.7 Å². The standard InChI is InChI=1S/C22H35N3O6S2/c1-30-20-7-8-21(31-2)22-17(20)9-12-24-15-16-6-4-11-25(18(16)14-19(22)24)33(28,29)13-5-10-23-32(3,26)27/h7-8,16,18-19,23H,4-6,9-15H2,1-3H3/t16-,18+,19+/m1/s1. The molecule has 3 atom stereocenters. The highest BCUT2D eigenvalue weighted by molar-refractivity contribution is 7.89. The van der Waals surface area contributed by atoms with E-state index in [4.69, 9.17) is 9.47 Å². The van der Waals surface area contributed by atoms with E-state index in [-0.39, 0.29) is 30.8 Å². The summed E-state index contributed by atoms with van der Waals surface area (Å²) >= 11 is 0. The number of methoxy groups -OCH3 is 2. The number of hydrogen-bond acceptors (Lipinski definition) is 7. The summed E-state index contributed by atoms with van der Waals surface area (Å²) in [5.41, 5.74) is 2.29. The fourth-order valence-electron chi connectivity index (χ4n) is 5.83. The van der Waals surface area contributed by atoms with E-state index < -0.39 is 20.0 Å². The summed E-state index contributed by atoms with van der Waals surface area (Å²) in [6.45, 7) is 2.45. The lowest BCUT2D eigenvalue weighted by atomic mass is 9.77. The van der Waals surface area contributed by atoms with Crippen LogP contribution in [0.1, 0.15) is 42.9 Å². The van der Waals surface area contributed by atoms with Crippen LogP contribution in [-0.2, 0) is 26.5 Å². The molecule has 4 rings (SSSR count). The van der Waals surface area contributed by atoms with Crippen molar-refractivity contribution < 1.29 is 26.3 Å². The van der Waals surface area contributed by atoms with Gasteiger partial charge in [0.1, 0.15) is 11.5 Å². The summed E-state index contributed by atoms with van der Waals surface area (Å²) in [5.74, 6) is 1.94. The Balaban J connectivity index is 1.57. The summed E-state index contributed by atoms with van der Waals surface area (Å²) in [4.78, 5) is 2.48. The fraction of sp³-hybridized carbons (Fsp3) is 0.727. The monoisotopic (exact) mass is 501 g/mol. The Labute approximate surface area is 197 Å². The minimum atomic E-state index is -3.49. The number of nitrogens with zero attached hydrogens (tertiary/aromatic N) is 2. The van der Waals surface area contributed by atoms with Crippen molar-refractivity contribution in [2.75, 3.05) is 52.4 Å². The van der Waals surface area contributed by atoms with Gasteiger partial charge in [0.15, 0.2) is 0 Å². The predicted molar refractivity (Wildman–Crippen MR) is 127 cm³/mol. The third kappa shape index (κ3) is 5.17. The lowest BCUT2D eigenvalue weighted by Crippen LogP contribution is -2.57. The molecule has 2 fully saturated rings. The maximum Gasteiger partial charge on any atom is 0.214 e. The van der Waals surface area contributed by atoms with Gasteiger partial charge in [0, 0.05) is 49.4 Å². The van der Waals surface area contributed by atoms with Crippen molar-refractivity contribution in [3.63, 3.8) is 0 Å². The number of nitrogens with one attached hydrogen (secondary N) is 1. The molecule has 0 saturated carbocycles. The fourth-order valence-corrected chi connectivity index (χ4v) is 8.16. The lowest BCUT2D eigenvalue weighted by molar-refractivity contribution is 0.0207. The molecule has 0 unspecified atom stereocenters. The van der Waals surface area contributed by atoms with E-state index in [1.54, 1.807) is 18.5 Å². The number of ether oxygens (including phenoxy) is 2. The minimum Gasteiger partial charge on any atom is -0.496 e. The number of piperidine rings is 2. The molecule has 1 N–H and O–H groups in total. The zero-order valence-electron chi connectivity index (χ0n) is 19.6. The van der Waals surface area contributed by atoms with Gasteiger partial charge in [-0.2, -0.15) is 4.31 Å². The molecule has 3 heterocycles. The Morgan fingerprint density at radius 3 is 2.52 bits per heavy atom. The molecule has 3 aliphatic rings. The molecular weight excluding hydrogens is 466 g/mol. The number of hydrogen-bond donors (Lipinski definition) is 1. The first-order valence-electron chi connectivity index (χ1n) is 11.6. The van der Waals surface area contributed by atoms with Crippen molar-refractivity contribution in [3.05, 3.63) is 23.3 Å². The van der Waals surface area contributed by atoms with Crippen molar-refractivity contribution >= 4 is 20.0 Å². The van der Waals surface area contributed by atoms with Crippen molar-refractivity contribution in [3.8, 4) is 11.5 Å². The van der Waals surface area contributed by atoms with Crippen molar-refractivity contribution in [1.29, 1.82) is 0 Å². The zero-order chi connectivity index (χ0) is 23.8. The maximum absolute atomic E-state index is 13.3. The van der Waals surface area contributed by atoms with Crippen LogP contribution in [0.3, 0.4) is 0 Å². The van der Waals surface area contributed by atoms with Gasteiger partial charge in [-0.05, 0) is 50.2 Å². The van der Waals surface area contributed by atoms with Crippen LogP contribution in [0.15, 0.2) is 12.1 Å². The summed E-state index contributed by atoms with van der Waals surface area (Å²) in [7, 11) is -3.46. The zero-order valence-corrected chi connectivity index (χ0v) is 21.3. The SMILES string of the molecule is COc1ccc(OC)c2c1CCN1C[C@H]3CCCN(S(=O)(=O)CCCNS(C)(=O)=O)[C@H]3C[C@@H]21. The summed E-state index contributed by atoms with van der Waals surface area (Å²) in [6, 6.07) is 3.91. The largest absolute Gasteiger partial charge is 0.496 e. The lowest BCUT2D eigenvalue weighted by Gasteiger charge is -2.52. The second-order valence-corrected chi connectivity index (χ2v) is 13.1. The Kier molecular flexibility index (Phi) is 7.26. The molecule has 0 aromatic heterocycles. The molecule has 1 aromatic rings. The normalized spacial score (nSPS) is 26.2. The van der Waals surface area contributed by atoms with Crippen LogP contribution >= 0.6 is 0 Å². The van der Waals surface area contributed by atoms with E-state index in [1.807, 2.05) is 12.1 Å². The molecule has 0 radical (unpaired) electrons. The van der Waals surface area contributed by atoms with Gasteiger partial charge < -0.3 is 9.47 Å². The van der Waals surface area contributed by atoms with Gasteiger partial charge in [0.25, 0.3) is 0 Å². The molecule has 0 spiro atoms. The number of rotatable bonds is 8. The first-order chi connectivity index (χ1) is 15.6. The second-order valence-electron chi connectivity index (χ2n) is 9.28. The van der Waals surface area contributed by atoms with Gasteiger partial charge >= 0.3 is 0 Å². The first kappa shape index (κ1) is 24.7. The minimum absolute atomic E-state index is 0.0547. The second kappa shape index (κ2) is 9.69. The van der Waals surface area contributed by atoms with E-state index >= 15 is 0 Å². The van der Waals surface area contributed by atoms with E-state index in [0.29, 0.717) is 12.5 Å². The van der Waals surface area contributed by atoms with Crippen LogP contribution in [0.2, 0.25) is 0 Å². The highest BCUT2D eigenvalue weighted by Crippen LogP contribution is 2.48. The maximum atomic E-state index is 13.3. The van der Waals surface area contributed by atoms with Crippen LogP contribution in [0.25, 0.3) is 0 Å². The Morgan fingerprint density at radius 1 is 1.09 bits per heavy atom. The molecule has 3 aliphatic heterocycles. The molecule has 11 heteroatoms. The highest BCUT2D eigenvalue weighted by Gasteiger charge is 2.46. The Morgan fingerprint density at radius 2 is 1.82 bits per heavy atom. The molecule has 186 valence electrons. The third-order valence-corrected chi connectivity index (χ3v) is 9.94. The average Bonchev–Trinajstić information content (AvgIpc) is 2.78. The molecule has 0 bridgehead atoms. The summed E-state index contributed by atoms with van der Waals surface area (Å²) in [6.07, 6.45) is 4.83. The van der Waals surface area contributed by atoms with Crippen molar-refractivity contribution in [2.45, 2.75) is 44.2 Å². The summed E-state index contributed by atoms with van der Waals surface area (Å²) in [5, 5.41) is 0. The molecule has 0 amide bonds. The Hall–Kier alpha value is -1.40. The van der Waals surface area contributed by atoms with Crippen LogP contribution in [0, 0.1) is 5.92 Å². The van der Waals surface area contributed by atoms with Crippen LogP contribution < -0.4 is 14.2 Å². The number of fused-ring (bicyclic) bond motifs is 4.